The van der Waals surface area contributed by atoms with E-state index in [1.165, 1.54) is 12.8 Å². The van der Waals surface area contributed by atoms with Crippen LogP contribution in [0.15, 0.2) is 18.2 Å². The van der Waals surface area contributed by atoms with Gasteiger partial charge in [-0.15, -0.1) is 0 Å². The Morgan fingerprint density at radius 1 is 1.44 bits per heavy atom. The van der Waals surface area contributed by atoms with Crippen LogP contribution < -0.4 is 5.73 Å². The second-order valence-corrected chi connectivity index (χ2v) is 5.55. The van der Waals surface area contributed by atoms with E-state index in [-0.39, 0.29) is 5.54 Å². The first-order valence-corrected chi connectivity index (χ1v) is 6.22. The summed E-state index contributed by atoms with van der Waals surface area (Å²) in [6.07, 6.45) is 2.48. The molecule has 0 aliphatic heterocycles. The van der Waals surface area contributed by atoms with Crippen molar-refractivity contribution in [2.45, 2.75) is 32.2 Å². The molecule has 18 heavy (non-hydrogen) atoms. The van der Waals surface area contributed by atoms with Gasteiger partial charge < -0.3 is 10.3 Å². The molecule has 0 spiro atoms. The lowest BCUT2D eigenvalue weighted by Crippen LogP contribution is -2.29. The maximum atomic E-state index is 9.01. The van der Waals surface area contributed by atoms with Crippen LogP contribution in [0.1, 0.15) is 32.3 Å². The van der Waals surface area contributed by atoms with Gasteiger partial charge in [0.25, 0.3) is 0 Å². The van der Waals surface area contributed by atoms with Crippen LogP contribution in [0.4, 0.5) is 5.95 Å². The van der Waals surface area contributed by atoms with E-state index in [2.05, 4.69) is 29.5 Å². The standard InChI is InChI=1S/C14H16N4/c1-14(2,10-4-5-10)18-12-7-9(8-15)3-6-11(12)17-13(18)16/h3,6-7,10H,4-5H2,1-2H3,(H2,16,17). The van der Waals surface area contributed by atoms with Gasteiger partial charge in [-0.05, 0) is 50.8 Å². The average Bonchev–Trinajstić information content (AvgIpc) is 3.11. The molecule has 0 amide bonds. The summed E-state index contributed by atoms with van der Waals surface area (Å²) in [6, 6.07) is 7.69. The fourth-order valence-electron chi connectivity index (χ4n) is 2.74. The number of fused-ring (bicyclic) bond motifs is 1. The van der Waals surface area contributed by atoms with E-state index in [1.54, 1.807) is 6.07 Å². The molecule has 0 saturated heterocycles. The normalized spacial score (nSPS) is 15.8. The molecule has 1 fully saturated rings. The molecule has 1 heterocycles. The zero-order chi connectivity index (χ0) is 12.9. The Morgan fingerprint density at radius 2 is 2.17 bits per heavy atom. The Kier molecular flexibility index (Phi) is 2.15. The van der Waals surface area contributed by atoms with Crippen LogP contribution in [0.2, 0.25) is 0 Å². The minimum Gasteiger partial charge on any atom is -0.369 e. The Balaban J connectivity index is 2.27. The van der Waals surface area contributed by atoms with Crippen molar-refractivity contribution in [3.63, 3.8) is 0 Å². The summed E-state index contributed by atoms with van der Waals surface area (Å²) in [5.74, 6) is 1.19. The Labute approximate surface area is 106 Å². The number of anilines is 1. The first kappa shape index (κ1) is 11.1. The molecule has 0 unspecified atom stereocenters. The van der Waals surface area contributed by atoms with E-state index in [9.17, 15) is 0 Å². The molecular weight excluding hydrogens is 224 g/mol. The van der Waals surface area contributed by atoms with Crippen molar-refractivity contribution in [3.8, 4) is 6.07 Å². The van der Waals surface area contributed by atoms with Gasteiger partial charge in [0.15, 0.2) is 0 Å². The lowest BCUT2D eigenvalue weighted by molar-refractivity contribution is 0.318. The number of rotatable bonds is 2. The van der Waals surface area contributed by atoms with Crippen molar-refractivity contribution < 1.29 is 0 Å². The summed E-state index contributed by atoms with van der Waals surface area (Å²) >= 11 is 0. The van der Waals surface area contributed by atoms with E-state index in [0.717, 1.165) is 11.0 Å². The Morgan fingerprint density at radius 3 is 2.78 bits per heavy atom. The number of aromatic nitrogens is 2. The number of nitrogens with two attached hydrogens (primary N) is 1. The first-order chi connectivity index (χ1) is 8.54. The van der Waals surface area contributed by atoms with Gasteiger partial charge in [-0.1, -0.05) is 0 Å². The monoisotopic (exact) mass is 240 g/mol. The molecule has 1 saturated carbocycles. The molecule has 1 aromatic heterocycles. The number of nitriles is 1. The number of nitrogens with zero attached hydrogens (tertiary/aromatic N) is 3. The molecule has 92 valence electrons. The van der Waals surface area contributed by atoms with Crippen LogP contribution >= 0.6 is 0 Å². The van der Waals surface area contributed by atoms with Crippen molar-refractivity contribution in [3.05, 3.63) is 23.8 Å². The van der Waals surface area contributed by atoms with Gasteiger partial charge in [0.05, 0.1) is 22.7 Å². The van der Waals surface area contributed by atoms with Gasteiger partial charge in [-0.2, -0.15) is 5.26 Å². The molecule has 1 aliphatic carbocycles. The number of hydrogen-bond acceptors (Lipinski definition) is 3. The molecule has 3 rings (SSSR count). The highest BCUT2D eigenvalue weighted by atomic mass is 15.2. The third-order valence-electron chi connectivity index (χ3n) is 3.96. The smallest absolute Gasteiger partial charge is 0.201 e. The Bertz CT molecular complexity index is 656. The van der Waals surface area contributed by atoms with Gasteiger partial charge in [0.2, 0.25) is 5.95 Å². The molecule has 2 aromatic rings. The minimum absolute atomic E-state index is 0.0348. The van der Waals surface area contributed by atoms with Crippen molar-refractivity contribution in [1.82, 2.24) is 9.55 Å². The molecular formula is C14H16N4. The molecule has 0 radical (unpaired) electrons. The summed E-state index contributed by atoms with van der Waals surface area (Å²) in [5, 5.41) is 9.01. The summed E-state index contributed by atoms with van der Waals surface area (Å²) < 4.78 is 2.08. The van der Waals surface area contributed by atoms with Crippen molar-refractivity contribution in [2.24, 2.45) is 5.92 Å². The topological polar surface area (TPSA) is 67.6 Å². The summed E-state index contributed by atoms with van der Waals surface area (Å²) in [4.78, 5) is 4.40. The lowest BCUT2D eigenvalue weighted by Gasteiger charge is -2.28. The number of imidazole rings is 1. The van der Waals surface area contributed by atoms with Crippen LogP contribution in [0, 0.1) is 17.2 Å². The number of nitrogen functional groups attached to an aromatic ring is 1. The zero-order valence-corrected chi connectivity index (χ0v) is 10.6. The summed E-state index contributed by atoms with van der Waals surface area (Å²) in [6.45, 7) is 4.39. The molecule has 4 heteroatoms. The van der Waals surface area contributed by atoms with E-state index in [0.29, 0.717) is 17.4 Å². The quantitative estimate of drug-likeness (QED) is 0.877. The number of hydrogen-bond donors (Lipinski definition) is 1. The van der Waals surface area contributed by atoms with Crippen LogP contribution in [-0.2, 0) is 5.54 Å². The van der Waals surface area contributed by atoms with E-state index in [1.807, 2.05) is 12.1 Å². The molecule has 1 aromatic carbocycles. The van der Waals surface area contributed by atoms with Crippen LogP contribution in [0.25, 0.3) is 11.0 Å². The molecule has 2 N–H and O–H groups in total. The van der Waals surface area contributed by atoms with Crippen LogP contribution in [0.5, 0.6) is 0 Å². The maximum Gasteiger partial charge on any atom is 0.201 e. The molecule has 0 bridgehead atoms. The van der Waals surface area contributed by atoms with Gasteiger partial charge in [0, 0.05) is 5.54 Å². The fraction of sp³-hybridized carbons (Fsp3) is 0.429. The zero-order valence-electron chi connectivity index (χ0n) is 10.6. The molecule has 0 atom stereocenters. The van der Waals surface area contributed by atoms with Gasteiger partial charge in [-0.3, -0.25) is 0 Å². The average molecular weight is 240 g/mol. The minimum atomic E-state index is -0.0348. The van der Waals surface area contributed by atoms with Gasteiger partial charge in [-0.25, -0.2) is 4.98 Å². The predicted octanol–water partition coefficient (Wildman–Crippen LogP) is 2.64. The second kappa shape index (κ2) is 3.49. The molecule has 4 nitrogen and oxygen atoms in total. The first-order valence-electron chi connectivity index (χ1n) is 6.22. The van der Waals surface area contributed by atoms with E-state index >= 15 is 0 Å². The summed E-state index contributed by atoms with van der Waals surface area (Å²) in [7, 11) is 0. The third-order valence-corrected chi connectivity index (χ3v) is 3.96. The second-order valence-electron chi connectivity index (χ2n) is 5.55. The van der Waals surface area contributed by atoms with Gasteiger partial charge >= 0.3 is 0 Å². The van der Waals surface area contributed by atoms with Crippen LogP contribution in [-0.4, -0.2) is 9.55 Å². The van der Waals surface area contributed by atoms with E-state index in [4.69, 9.17) is 11.0 Å². The lowest BCUT2D eigenvalue weighted by atomic mass is 9.98. The third kappa shape index (κ3) is 1.47. The predicted molar refractivity (Wildman–Crippen MR) is 70.9 cm³/mol. The number of benzene rings is 1. The van der Waals surface area contributed by atoms with Crippen molar-refractivity contribution >= 4 is 17.0 Å². The highest BCUT2D eigenvalue weighted by Gasteiger charge is 2.40. The molecule has 1 aliphatic rings. The largest absolute Gasteiger partial charge is 0.369 e. The highest BCUT2D eigenvalue weighted by molar-refractivity contribution is 5.80. The highest BCUT2D eigenvalue weighted by Crippen LogP contribution is 2.46. The Hall–Kier alpha value is -2.02. The van der Waals surface area contributed by atoms with Crippen molar-refractivity contribution in [1.29, 1.82) is 5.26 Å². The fourth-order valence-corrected chi connectivity index (χ4v) is 2.74. The van der Waals surface area contributed by atoms with Crippen molar-refractivity contribution in [2.75, 3.05) is 5.73 Å². The summed E-state index contributed by atoms with van der Waals surface area (Å²) in [5.41, 5.74) is 8.50. The maximum absolute atomic E-state index is 9.01. The SMILES string of the molecule is CC(C)(C1CC1)n1c(N)nc2ccc(C#N)cc21. The van der Waals surface area contributed by atoms with Crippen LogP contribution in [0.3, 0.4) is 0 Å². The van der Waals surface area contributed by atoms with Gasteiger partial charge in [0.1, 0.15) is 0 Å². The van der Waals surface area contributed by atoms with E-state index < -0.39 is 0 Å².